The van der Waals surface area contributed by atoms with Gasteiger partial charge < -0.3 is 25.6 Å². The Labute approximate surface area is 158 Å². The van der Waals surface area contributed by atoms with E-state index in [1.807, 2.05) is 34.6 Å². The minimum absolute atomic E-state index is 0.220. The third kappa shape index (κ3) is 9.07. The Bertz CT molecular complexity index is 465. The van der Waals surface area contributed by atoms with Crippen molar-refractivity contribution in [2.75, 3.05) is 20.3 Å². The Morgan fingerprint density at radius 1 is 1.12 bits per heavy atom. The normalized spacial score (nSPS) is 16.2. The molecular weight excluding hydrogens is 336 g/mol. The molecule has 0 spiro atoms. The first-order valence-corrected chi connectivity index (χ1v) is 9.24. The van der Waals surface area contributed by atoms with Gasteiger partial charge in [-0.15, -0.1) is 0 Å². The summed E-state index contributed by atoms with van der Waals surface area (Å²) in [6, 6.07) is -1.01. The van der Waals surface area contributed by atoms with Crippen LogP contribution in [0.1, 0.15) is 67.2 Å². The van der Waals surface area contributed by atoms with Crippen LogP contribution >= 0.6 is 0 Å². The van der Waals surface area contributed by atoms with Gasteiger partial charge in [0.1, 0.15) is 0 Å². The molecule has 2 unspecified atom stereocenters. The highest BCUT2D eigenvalue weighted by Gasteiger charge is 2.35. The van der Waals surface area contributed by atoms with E-state index >= 15 is 0 Å². The molecule has 0 aliphatic heterocycles. The molecule has 0 aliphatic carbocycles. The van der Waals surface area contributed by atoms with Gasteiger partial charge in [0, 0.05) is 7.11 Å². The average molecular weight is 375 g/mol. The minimum atomic E-state index is -1.07. The van der Waals surface area contributed by atoms with E-state index < -0.39 is 17.6 Å². The molecule has 0 fully saturated rings. The standard InChI is InChI=1S/C19H38N2O5/c1-8-19(6,16(24)14(20)13-15(22)23)21-11-9-18(4,5)26-12-10-17(2,3)25-7/h14,21H,8-13,20H2,1-7H3,(H,22,23). The van der Waals surface area contributed by atoms with Crippen LogP contribution < -0.4 is 11.1 Å². The molecule has 2 atom stereocenters. The predicted octanol–water partition coefficient (Wildman–Crippen LogP) is 2.12. The highest BCUT2D eigenvalue weighted by atomic mass is 16.5. The summed E-state index contributed by atoms with van der Waals surface area (Å²) < 4.78 is 11.4. The molecule has 0 saturated carbocycles. The van der Waals surface area contributed by atoms with E-state index in [0.29, 0.717) is 26.0 Å². The lowest BCUT2D eigenvalue weighted by atomic mass is 9.87. The number of hydrogen-bond donors (Lipinski definition) is 3. The fraction of sp³-hybridized carbons (Fsp3) is 0.895. The Morgan fingerprint density at radius 2 is 1.69 bits per heavy atom. The zero-order valence-corrected chi connectivity index (χ0v) is 17.5. The van der Waals surface area contributed by atoms with Gasteiger partial charge in [-0.2, -0.15) is 0 Å². The highest BCUT2D eigenvalue weighted by molar-refractivity contribution is 5.94. The average Bonchev–Trinajstić information content (AvgIpc) is 2.52. The van der Waals surface area contributed by atoms with Crippen molar-refractivity contribution in [2.45, 2.75) is 90.0 Å². The molecule has 0 bridgehead atoms. The third-order valence-electron chi connectivity index (χ3n) is 4.97. The summed E-state index contributed by atoms with van der Waals surface area (Å²) >= 11 is 0. The first-order chi connectivity index (χ1) is 11.8. The monoisotopic (exact) mass is 374 g/mol. The maximum Gasteiger partial charge on any atom is 0.305 e. The molecule has 0 radical (unpaired) electrons. The van der Waals surface area contributed by atoms with Crippen LogP contribution in [0.2, 0.25) is 0 Å². The molecule has 4 N–H and O–H groups in total. The smallest absolute Gasteiger partial charge is 0.305 e. The lowest BCUT2D eigenvalue weighted by molar-refractivity contribution is -0.140. The quantitative estimate of drug-likeness (QED) is 0.427. The molecule has 0 rings (SSSR count). The second kappa shape index (κ2) is 10.3. The molecule has 0 saturated heterocycles. The van der Waals surface area contributed by atoms with Crippen LogP contribution in [0.5, 0.6) is 0 Å². The molecular formula is C19H38N2O5. The maximum absolute atomic E-state index is 12.5. The number of hydrogen-bond acceptors (Lipinski definition) is 6. The number of carboxylic acids is 1. The van der Waals surface area contributed by atoms with Gasteiger partial charge in [-0.1, -0.05) is 6.92 Å². The van der Waals surface area contributed by atoms with E-state index in [1.54, 1.807) is 14.0 Å². The number of aliphatic carboxylic acids is 1. The first kappa shape index (κ1) is 25.0. The Kier molecular flexibility index (Phi) is 9.94. The van der Waals surface area contributed by atoms with Crippen molar-refractivity contribution in [3.05, 3.63) is 0 Å². The van der Waals surface area contributed by atoms with Crippen molar-refractivity contribution in [1.82, 2.24) is 5.32 Å². The van der Waals surface area contributed by atoms with E-state index in [0.717, 1.165) is 6.42 Å². The lowest BCUT2D eigenvalue weighted by Crippen LogP contribution is -2.56. The summed E-state index contributed by atoms with van der Waals surface area (Å²) in [4.78, 5) is 23.3. The lowest BCUT2D eigenvalue weighted by Gasteiger charge is -2.33. The molecule has 0 heterocycles. The van der Waals surface area contributed by atoms with Crippen LogP contribution in [-0.2, 0) is 19.1 Å². The van der Waals surface area contributed by atoms with Crippen LogP contribution in [0.25, 0.3) is 0 Å². The molecule has 7 nitrogen and oxygen atoms in total. The van der Waals surface area contributed by atoms with Crippen LogP contribution in [0, 0.1) is 0 Å². The number of Topliss-reactive ketones (excluding diaryl/α,β-unsaturated/α-hetero) is 1. The molecule has 7 heteroatoms. The Hall–Kier alpha value is -1.02. The van der Waals surface area contributed by atoms with Crippen LogP contribution in [0.4, 0.5) is 0 Å². The molecule has 0 aromatic heterocycles. The van der Waals surface area contributed by atoms with Gasteiger partial charge in [0.25, 0.3) is 0 Å². The number of carbonyl (C=O) groups excluding carboxylic acids is 1. The fourth-order valence-corrected chi connectivity index (χ4v) is 2.46. The van der Waals surface area contributed by atoms with E-state index in [9.17, 15) is 9.59 Å². The number of carboxylic acid groups (broad SMARTS) is 1. The number of ether oxygens (including phenoxy) is 2. The molecule has 0 aromatic carbocycles. The molecule has 154 valence electrons. The second-order valence-corrected chi connectivity index (χ2v) is 8.25. The van der Waals surface area contributed by atoms with E-state index in [2.05, 4.69) is 5.32 Å². The Balaban J connectivity index is 4.54. The van der Waals surface area contributed by atoms with Crippen molar-refractivity contribution in [3.8, 4) is 0 Å². The van der Waals surface area contributed by atoms with Gasteiger partial charge in [0.2, 0.25) is 0 Å². The largest absolute Gasteiger partial charge is 0.481 e. The summed E-state index contributed by atoms with van der Waals surface area (Å²) in [5, 5.41) is 12.1. The number of carbonyl (C=O) groups is 2. The van der Waals surface area contributed by atoms with E-state index in [1.165, 1.54) is 0 Å². The van der Waals surface area contributed by atoms with Gasteiger partial charge in [0.15, 0.2) is 5.78 Å². The van der Waals surface area contributed by atoms with Crippen molar-refractivity contribution in [2.24, 2.45) is 5.73 Å². The SMILES string of the molecule is CCC(C)(NCCC(C)(C)OCCC(C)(C)OC)C(=O)C(N)CC(=O)O. The summed E-state index contributed by atoms with van der Waals surface area (Å²) in [7, 11) is 1.69. The molecule has 26 heavy (non-hydrogen) atoms. The van der Waals surface area contributed by atoms with E-state index in [-0.39, 0.29) is 23.4 Å². The Morgan fingerprint density at radius 3 is 2.15 bits per heavy atom. The van der Waals surface area contributed by atoms with Crippen molar-refractivity contribution < 1.29 is 24.2 Å². The number of ketones is 1. The first-order valence-electron chi connectivity index (χ1n) is 9.24. The van der Waals surface area contributed by atoms with Gasteiger partial charge in [-0.25, -0.2) is 0 Å². The highest BCUT2D eigenvalue weighted by Crippen LogP contribution is 2.20. The maximum atomic E-state index is 12.5. The van der Waals surface area contributed by atoms with Crippen molar-refractivity contribution in [3.63, 3.8) is 0 Å². The zero-order chi connectivity index (χ0) is 20.6. The van der Waals surface area contributed by atoms with Crippen molar-refractivity contribution >= 4 is 11.8 Å². The van der Waals surface area contributed by atoms with Gasteiger partial charge >= 0.3 is 5.97 Å². The fourth-order valence-electron chi connectivity index (χ4n) is 2.46. The predicted molar refractivity (Wildman–Crippen MR) is 102 cm³/mol. The zero-order valence-electron chi connectivity index (χ0n) is 17.5. The van der Waals surface area contributed by atoms with Gasteiger partial charge in [-0.05, 0) is 60.4 Å². The van der Waals surface area contributed by atoms with Crippen LogP contribution in [0.15, 0.2) is 0 Å². The third-order valence-corrected chi connectivity index (χ3v) is 4.97. The summed E-state index contributed by atoms with van der Waals surface area (Å²) in [6.07, 6.45) is 1.66. The van der Waals surface area contributed by atoms with E-state index in [4.69, 9.17) is 20.3 Å². The second-order valence-electron chi connectivity index (χ2n) is 8.25. The summed E-state index contributed by atoms with van der Waals surface area (Å²) in [5.74, 6) is -1.35. The summed E-state index contributed by atoms with van der Waals surface area (Å²) in [6.45, 7) is 12.9. The number of rotatable bonds is 14. The minimum Gasteiger partial charge on any atom is -0.481 e. The number of nitrogens with one attached hydrogen (secondary N) is 1. The van der Waals surface area contributed by atoms with Gasteiger partial charge in [-0.3, -0.25) is 9.59 Å². The summed E-state index contributed by atoms with van der Waals surface area (Å²) in [5.41, 5.74) is 4.34. The number of methoxy groups -OCH3 is 1. The van der Waals surface area contributed by atoms with Gasteiger partial charge in [0.05, 0.1) is 35.8 Å². The van der Waals surface area contributed by atoms with Crippen molar-refractivity contribution in [1.29, 1.82) is 0 Å². The molecule has 0 aromatic rings. The molecule has 0 amide bonds. The topological polar surface area (TPSA) is 111 Å². The van der Waals surface area contributed by atoms with Crippen LogP contribution in [0.3, 0.4) is 0 Å². The molecule has 0 aliphatic rings. The number of nitrogens with two attached hydrogens (primary N) is 1. The van der Waals surface area contributed by atoms with Crippen LogP contribution in [-0.4, -0.2) is 59.9 Å².